The van der Waals surface area contributed by atoms with E-state index in [1.54, 1.807) is 42.4 Å². The number of likely N-dealkylation sites (tertiary alicyclic amines) is 1. The average Bonchev–Trinajstić information content (AvgIpc) is 3.44. The predicted octanol–water partition coefficient (Wildman–Crippen LogP) is 2.40. The first-order valence-electron chi connectivity index (χ1n) is 11.4. The zero-order chi connectivity index (χ0) is 25.3. The molecule has 1 spiro atoms. The summed E-state index contributed by atoms with van der Waals surface area (Å²) >= 11 is 5.23. The Kier molecular flexibility index (Phi) is 7.63. The molecule has 6 atom stereocenters. The van der Waals surface area contributed by atoms with Crippen LogP contribution < -0.4 is 9.64 Å². The third-order valence-electron chi connectivity index (χ3n) is 6.94. The van der Waals surface area contributed by atoms with Crippen molar-refractivity contribution in [1.29, 1.82) is 0 Å². The molecular formula is C25H29BrN2O6S. The van der Waals surface area contributed by atoms with Crippen LogP contribution in [0.2, 0.25) is 0 Å². The smallest absolute Gasteiger partial charge is 0.311 e. The fourth-order valence-corrected chi connectivity index (χ4v) is 9.22. The number of nitrogens with zero attached hydrogens (tertiary/aromatic N) is 2. The molecule has 4 rings (SSSR count). The molecule has 2 bridgehead atoms. The van der Waals surface area contributed by atoms with Crippen LogP contribution in [0.15, 0.2) is 49.6 Å². The second-order valence-electron chi connectivity index (χ2n) is 8.77. The molecule has 2 amide bonds. The number of carbonyl (C=O) groups excluding carboxylic acids is 3. The number of rotatable bonds is 10. The Balaban J connectivity index is 1.75. The molecule has 10 heteroatoms. The lowest BCUT2D eigenvalue weighted by Gasteiger charge is -2.37. The summed E-state index contributed by atoms with van der Waals surface area (Å²) in [6.07, 6.45) is 3.67. The molecule has 0 aromatic heterocycles. The minimum atomic E-state index is -0.846. The maximum Gasteiger partial charge on any atom is 0.311 e. The third-order valence-corrected chi connectivity index (χ3v) is 10.2. The number of hydrogen-bond donors (Lipinski definition) is 1. The highest BCUT2D eigenvalue weighted by molar-refractivity contribution is 9.09. The molecule has 0 radical (unpaired) electrons. The number of methoxy groups -OCH3 is 1. The largest absolute Gasteiger partial charge is 0.497 e. The van der Waals surface area contributed by atoms with E-state index in [9.17, 15) is 19.5 Å². The van der Waals surface area contributed by atoms with Gasteiger partial charge in [-0.3, -0.25) is 14.4 Å². The van der Waals surface area contributed by atoms with Gasteiger partial charge in [0.15, 0.2) is 0 Å². The molecule has 0 aliphatic carbocycles. The van der Waals surface area contributed by atoms with Gasteiger partial charge in [-0.25, -0.2) is 0 Å². The van der Waals surface area contributed by atoms with Crippen LogP contribution in [0.3, 0.4) is 0 Å². The van der Waals surface area contributed by atoms with Crippen molar-refractivity contribution < 1.29 is 29.0 Å². The van der Waals surface area contributed by atoms with E-state index < -0.39 is 28.6 Å². The Labute approximate surface area is 217 Å². The van der Waals surface area contributed by atoms with Gasteiger partial charge in [0, 0.05) is 28.9 Å². The van der Waals surface area contributed by atoms with Crippen LogP contribution in [0, 0.1) is 11.8 Å². The summed E-state index contributed by atoms with van der Waals surface area (Å²) < 4.78 is 9.79. The van der Waals surface area contributed by atoms with Crippen molar-refractivity contribution in [3.8, 4) is 5.75 Å². The highest BCUT2D eigenvalue weighted by Gasteiger charge is 2.76. The van der Waals surface area contributed by atoms with Crippen molar-refractivity contribution >= 4 is 51.2 Å². The van der Waals surface area contributed by atoms with E-state index in [4.69, 9.17) is 9.47 Å². The van der Waals surface area contributed by atoms with Gasteiger partial charge < -0.3 is 24.4 Å². The molecule has 1 aromatic carbocycles. The van der Waals surface area contributed by atoms with Gasteiger partial charge in [0.05, 0.1) is 30.3 Å². The average molecular weight is 565 g/mol. The Morgan fingerprint density at radius 3 is 2.63 bits per heavy atom. The second kappa shape index (κ2) is 10.4. The zero-order valence-corrected chi connectivity index (χ0v) is 21.9. The van der Waals surface area contributed by atoms with Gasteiger partial charge in [-0.05, 0) is 30.7 Å². The van der Waals surface area contributed by atoms with Gasteiger partial charge in [0.25, 0.3) is 5.91 Å². The standard InChI is InChI=1S/C25H29BrN2O6S/c1-4-10-27(15-6-8-16(33-3)9-7-15)23(31)21-25-14-17(26)20(35-25)18(24(32)34-13-5-2)19(25)22(30)28(21)11-12-29/h4-9,17-21,29H,1-2,10-14H2,3H3/t17?,18-,19+,20-,21?,25?/m1/s1. The number of halogens is 1. The summed E-state index contributed by atoms with van der Waals surface area (Å²) in [6, 6.07) is 6.25. The summed E-state index contributed by atoms with van der Waals surface area (Å²) in [5.74, 6) is -1.75. The fourth-order valence-electron chi connectivity index (χ4n) is 5.63. The van der Waals surface area contributed by atoms with Gasteiger partial charge in [0.1, 0.15) is 18.4 Å². The van der Waals surface area contributed by atoms with Crippen LogP contribution in [-0.2, 0) is 19.1 Å². The molecule has 3 saturated heterocycles. The van der Waals surface area contributed by atoms with Crippen molar-refractivity contribution in [2.45, 2.75) is 27.3 Å². The molecule has 8 nitrogen and oxygen atoms in total. The Morgan fingerprint density at radius 1 is 1.31 bits per heavy atom. The summed E-state index contributed by atoms with van der Waals surface area (Å²) in [4.78, 5) is 44.0. The zero-order valence-electron chi connectivity index (χ0n) is 19.5. The number of hydrogen-bond acceptors (Lipinski definition) is 7. The topological polar surface area (TPSA) is 96.4 Å². The monoisotopic (exact) mass is 564 g/mol. The molecule has 0 saturated carbocycles. The number of esters is 1. The van der Waals surface area contributed by atoms with E-state index in [0.717, 1.165) is 0 Å². The van der Waals surface area contributed by atoms with Gasteiger partial charge in [-0.15, -0.1) is 18.3 Å². The SMILES string of the molecule is C=CCOC(=O)[C@H]1[C@@H]2SC3(CC2Br)C(C(=O)N(CC=C)c2ccc(OC)cc2)N(CCO)C(=O)[C@H]13. The number of benzene rings is 1. The number of alkyl halides is 1. The van der Waals surface area contributed by atoms with Crippen molar-refractivity contribution in [3.05, 3.63) is 49.6 Å². The minimum Gasteiger partial charge on any atom is -0.497 e. The van der Waals surface area contributed by atoms with Crippen molar-refractivity contribution in [1.82, 2.24) is 4.90 Å². The molecule has 188 valence electrons. The van der Waals surface area contributed by atoms with Crippen LogP contribution in [0.5, 0.6) is 5.75 Å². The van der Waals surface area contributed by atoms with E-state index >= 15 is 0 Å². The number of β-amino-alcohol motifs (C(OH)–C–C–N with tert-alkyl or cyclic N) is 1. The highest BCUT2D eigenvalue weighted by Crippen LogP contribution is 2.68. The number of ether oxygens (including phenoxy) is 2. The van der Waals surface area contributed by atoms with Crippen LogP contribution in [0.1, 0.15) is 6.42 Å². The number of aliphatic hydroxyl groups is 1. The molecule has 1 aromatic rings. The van der Waals surface area contributed by atoms with Crippen molar-refractivity contribution in [2.75, 3.05) is 38.3 Å². The lowest BCUT2D eigenvalue weighted by atomic mass is 9.71. The quantitative estimate of drug-likeness (QED) is 0.265. The van der Waals surface area contributed by atoms with Crippen molar-refractivity contribution in [2.24, 2.45) is 11.8 Å². The summed E-state index contributed by atoms with van der Waals surface area (Å²) in [5, 5.41) is 9.57. The van der Waals surface area contributed by atoms with Crippen LogP contribution in [-0.4, -0.2) is 82.1 Å². The first-order chi connectivity index (χ1) is 16.8. The Morgan fingerprint density at radius 2 is 2.03 bits per heavy atom. The molecule has 3 aliphatic rings. The minimum absolute atomic E-state index is 0.00460. The summed E-state index contributed by atoms with van der Waals surface area (Å²) in [5.41, 5.74) is 0.641. The van der Waals surface area contributed by atoms with Gasteiger partial charge in [-0.1, -0.05) is 34.7 Å². The fraction of sp³-hybridized carbons (Fsp3) is 0.480. The van der Waals surface area contributed by atoms with E-state index in [1.165, 1.54) is 22.7 Å². The van der Waals surface area contributed by atoms with E-state index in [2.05, 4.69) is 29.1 Å². The maximum atomic E-state index is 14.2. The number of carbonyl (C=O) groups is 3. The first kappa shape index (κ1) is 25.8. The van der Waals surface area contributed by atoms with Crippen molar-refractivity contribution in [3.63, 3.8) is 0 Å². The van der Waals surface area contributed by atoms with Gasteiger partial charge >= 0.3 is 5.97 Å². The van der Waals surface area contributed by atoms with E-state index in [1.807, 2.05) is 0 Å². The predicted molar refractivity (Wildman–Crippen MR) is 138 cm³/mol. The highest BCUT2D eigenvalue weighted by atomic mass is 79.9. The number of aliphatic hydroxyl groups excluding tert-OH is 1. The van der Waals surface area contributed by atoms with Gasteiger partial charge in [-0.2, -0.15) is 0 Å². The number of anilines is 1. The van der Waals surface area contributed by atoms with E-state index in [0.29, 0.717) is 17.9 Å². The molecule has 3 aliphatic heterocycles. The lowest BCUT2D eigenvalue weighted by Crippen LogP contribution is -2.56. The van der Waals surface area contributed by atoms with Gasteiger partial charge in [0.2, 0.25) is 5.91 Å². The molecule has 3 heterocycles. The Bertz CT molecular complexity index is 1020. The molecule has 3 fully saturated rings. The first-order valence-corrected chi connectivity index (χ1v) is 13.2. The number of thioether (sulfide) groups is 1. The second-order valence-corrected chi connectivity index (χ2v) is 11.5. The Hall–Kier alpha value is -2.30. The molecular weight excluding hydrogens is 536 g/mol. The molecule has 1 N–H and O–H groups in total. The normalized spacial score (nSPS) is 30.7. The number of amides is 2. The lowest BCUT2D eigenvalue weighted by molar-refractivity contribution is -0.153. The third kappa shape index (κ3) is 4.19. The van der Waals surface area contributed by atoms with E-state index in [-0.39, 0.29) is 48.2 Å². The summed E-state index contributed by atoms with van der Waals surface area (Å²) in [6.45, 7) is 7.40. The summed E-state index contributed by atoms with van der Waals surface area (Å²) in [7, 11) is 1.57. The van der Waals surface area contributed by atoms with Crippen LogP contribution in [0.4, 0.5) is 5.69 Å². The number of fused-ring (bicyclic) bond motifs is 1. The molecule has 35 heavy (non-hydrogen) atoms. The maximum absolute atomic E-state index is 14.2. The molecule has 3 unspecified atom stereocenters. The van der Waals surface area contributed by atoms with Crippen LogP contribution in [0.25, 0.3) is 0 Å². The van der Waals surface area contributed by atoms with Crippen LogP contribution >= 0.6 is 27.7 Å².